The van der Waals surface area contributed by atoms with Crippen molar-refractivity contribution in [3.63, 3.8) is 0 Å². The summed E-state index contributed by atoms with van der Waals surface area (Å²) >= 11 is 5.73. The predicted octanol–water partition coefficient (Wildman–Crippen LogP) is 4.87. The zero-order valence-electron chi connectivity index (χ0n) is 10.5. The molecule has 18 heavy (non-hydrogen) atoms. The van der Waals surface area contributed by atoms with Gasteiger partial charge in [-0.05, 0) is 30.9 Å². The second-order valence-corrected chi connectivity index (χ2v) is 5.65. The Morgan fingerprint density at radius 1 is 1.11 bits per heavy atom. The molecule has 1 aromatic carbocycles. The average molecular weight is 271 g/mol. The molecule has 1 aliphatic carbocycles. The second kappa shape index (κ2) is 6.53. The highest BCUT2D eigenvalue weighted by atomic mass is 35.5. The zero-order chi connectivity index (χ0) is 13.0. The quantitative estimate of drug-likeness (QED) is 0.813. The van der Waals surface area contributed by atoms with Crippen LogP contribution in [0.3, 0.4) is 0 Å². The Labute approximate surface area is 113 Å². The first kappa shape index (κ1) is 13.8. The van der Waals surface area contributed by atoms with E-state index in [0.717, 1.165) is 25.7 Å². The van der Waals surface area contributed by atoms with Crippen molar-refractivity contribution in [3.05, 3.63) is 34.6 Å². The number of hydrogen-bond donors (Lipinski definition) is 1. The lowest BCUT2D eigenvalue weighted by Gasteiger charge is -2.25. The summed E-state index contributed by atoms with van der Waals surface area (Å²) in [6.07, 6.45) is 7.30. The molecule has 0 spiro atoms. The molecule has 100 valence electrons. The molecule has 1 aliphatic rings. The maximum atomic E-state index is 13.8. The van der Waals surface area contributed by atoms with E-state index in [1.807, 2.05) is 0 Å². The highest BCUT2D eigenvalue weighted by Crippen LogP contribution is 2.34. The van der Waals surface area contributed by atoms with Crippen molar-refractivity contribution in [1.29, 1.82) is 0 Å². The Balaban J connectivity index is 2.10. The van der Waals surface area contributed by atoms with Gasteiger partial charge in [0.1, 0.15) is 5.82 Å². The minimum atomic E-state index is -0.694. The van der Waals surface area contributed by atoms with Crippen molar-refractivity contribution in [3.8, 4) is 0 Å². The maximum Gasteiger partial charge on any atom is 0.130 e. The molecule has 0 bridgehead atoms. The van der Waals surface area contributed by atoms with Gasteiger partial charge in [-0.3, -0.25) is 0 Å². The largest absolute Gasteiger partial charge is 0.388 e. The normalized spacial score (nSPS) is 20.2. The van der Waals surface area contributed by atoms with Crippen LogP contribution in [-0.4, -0.2) is 5.11 Å². The molecule has 0 saturated heterocycles. The van der Waals surface area contributed by atoms with E-state index < -0.39 is 11.9 Å². The molecule has 1 fully saturated rings. The third-order valence-electron chi connectivity index (χ3n) is 3.88. The Morgan fingerprint density at radius 3 is 2.33 bits per heavy atom. The molecule has 1 nitrogen and oxygen atoms in total. The first-order valence-corrected chi connectivity index (χ1v) is 7.19. The second-order valence-electron chi connectivity index (χ2n) is 5.22. The number of hydrogen-bond acceptors (Lipinski definition) is 1. The highest BCUT2D eigenvalue weighted by molar-refractivity contribution is 6.30. The van der Waals surface area contributed by atoms with Gasteiger partial charge < -0.3 is 5.11 Å². The molecule has 0 amide bonds. The van der Waals surface area contributed by atoms with Gasteiger partial charge in [-0.2, -0.15) is 0 Å². The fourth-order valence-electron chi connectivity index (χ4n) is 2.80. The Bertz CT molecular complexity index is 386. The van der Waals surface area contributed by atoms with E-state index in [1.54, 1.807) is 12.1 Å². The van der Waals surface area contributed by atoms with Gasteiger partial charge in [-0.15, -0.1) is 0 Å². The van der Waals surface area contributed by atoms with E-state index in [2.05, 4.69) is 0 Å². The van der Waals surface area contributed by atoms with Gasteiger partial charge in [0, 0.05) is 10.6 Å². The molecule has 1 unspecified atom stereocenters. The van der Waals surface area contributed by atoms with E-state index in [-0.39, 0.29) is 5.92 Å². The Hall–Kier alpha value is -0.600. The summed E-state index contributed by atoms with van der Waals surface area (Å²) in [6, 6.07) is 4.54. The molecule has 3 heteroatoms. The van der Waals surface area contributed by atoms with E-state index in [4.69, 9.17) is 11.6 Å². The van der Waals surface area contributed by atoms with E-state index in [0.29, 0.717) is 10.6 Å². The molecular weight excluding hydrogens is 251 g/mol. The van der Waals surface area contributed by atoms with Gasteiger partial charge in [0.25, 0.3) is 0 Å². The van der Waals surface area contributed by atoms with Crippen molar-refractivity contribution < 1.29 is 9.50 Å². The van der Waals surface area contributed by atoms with Gasteiger partial charge in [-0.25, -0.2) is 4.39 Å². The van der Waals surface area contributed by atoms with Crippen LogP contribution in [-0.2, 0) is 0 Å². The molecule has 2 rings (SSSR count). The number of halogens is 2. The molecular formula is C15H20ClFO. The first-order valence-electron chi connectivity index (χ1n) is 6.81. The summed E-state index contributed by atoms with van der Waals surface area (Å²) < 4.78 is 13.8. The standard InChI is InChI=1S/C15H20ClFO/c16-12-8-9-13(14(17)10-12)15(18)11-6-4-2-1-3-5-7-11/h8-11,15,18H,1-7H2. The van der Waals surface area contributed by atoms with E-state index >= 15 is 0 Å². The summed E-state index contributed by atoms with van der Waals surface area (Å²) in [6.45, 7) is 0. The zero-order valence-corrected chi connectivity index (χ0v) is 11.3. The molecule has 1 N–H and O–H groups in total. The van der Waals surface area contributed by atoms with Crippen molar-refractivity contribution in [2.45, 2.75) is 51.0 Å². The molecule has 0 aromatic heterocycles. The summed E-state index contributed by atoms with van der Waals surface area (Å²) in [5.41, 5.74) is 0.393. The lowest BCUT2D eigenvalue weighted by atomic mass is 9.84. The lowest BCUT2D eigenvalue weighted by molar-refractivity contribution is 0.0879. The summed E-state index contributed by atoms with van der Waals surface area (Å²) in [5.74, 6) is -0.210. The third-order valence-corrected chi connectivity index (χ3v) is 4.11. The Kier molecular flexibility index (Phi) is 5.02. The van der Waals surface area contributed by atoms with Crippen LogP contribution in [0.5, 0.6) is 0 Å². The number of aliphatic hydroxyl groups is 1. The SMILES string of the molecule is OC(c1ccc(Cl)cc1F)C1CCCCCCC1. The van der Waals surface area contributed by atoms with Gasteiger partial charge >= 0.3 is 0 Å². The number of benzene rings is 1. The van der Waals surface area contributed by atoms with Crippen LogP contribution in [0.2, 0.25) is 5.02 Å². The highest BCUT2D eigenvalue weighted by Gasteiger charge is 2.23. The van der Waals surface area contributed by atoms with Crippen LogP contribution in [0.4, 0.5) is 4.39 Å². The predicted molar refractivity (Wildman–Crippen MR) is 72.2 cm³/mol. The van der Waals surface area contributed by atoms with E-state index in [1.165, 1.54) is 25.3 Å². The van der Waals surface area contributed by atoms with Crippen LogP contribution in [0.15, 0.2) is 18.2 Å². The molecule has 1 atom stereocenters. The van der Waals surface area contributed by atoms with Crippen LogP contribution in [0, 0.1) is 11.7 Å². The molecule has 0 radical (unpaired) electrons. The van der Waals surface area contributed by atoms with Gasteiger partial charge in [0.2, 0.25) is 0 Å². The summed E-state index contributed by atoms with van der Waals surface area (Å²) in [5, 5.41) is 10.7. The lowest BCUT2D eigenvalue weighted by Crippen LogP contribution is -2.15. The van der Waals surface area contributed by atoms with Gasteiger partial charge in [-0.1, -0.05) is 49.8 Å². The fraction of sp³-hybridized carbons (Fsp3) is 0.600. The average Bonchev–Trinajstić information content (AvgIpc) is 2.27. The van der Waals surface area contributed by atoms with Crippen LogP contribution < -0.4 is 0 Å². The van der Waals surface area contributed by atoms with Crippen LogP contribution >= 0.6 is 11.6 Å². The summed E-state index contributed by atoms with van der Waals surface area (Å²) in [4.78, 5) is 0. The van der Waals surface area contributed by atoms with Gasteiger partial charge in [0.15, 0.2) is 0 Å². The minimum absolute atomic E-state index is 0.181. The molecule has 1 aromatic rings. The fourth-order valence-corrected chi connectivity index (χ4v) is 2.96. The third kappa shape index (κ3) is 3.46. The first-order chi connectivity index (χ1) is 8.68. The van der Waals surface area contributed by atoms with Gasteiger partial charge in [0.05, 0.1) is 6.10 Å². The summed E-state index contributed by atoms with van der Waals surface area (Å²) in [7, 11) is 0. The van der Waals surface area contributed by atoms with Crippen LogP contribution in [0.25, 0.3) is 0 Å². The monoisotopic (exact) mass is 270 g/mol. The topological polar surface area (TPSA) is 20.2 Å². The van der Waals surface area contributed by atoms with Crippen LogP contribution in [0.1, 0.15) is 56.6 Å². The maximum absolute atomic E-state index is 13.8. The minimum Gasteiger partial charge on any atom is -0.388 e. The molecule has 0 heterocycles. The molecule has 1 saturated carbocycles. The Morgan fingerprint density at radius 2 is 1.72 bits per heavy atom. The van der Waals surface area contributed by atoms with Crippen molar-refractivity contribution in [2.24, 2.45) is 5.92 Å². The molecule has 0 aliphatic heterocycles. The number of aliphatic hydroxyl groups excluding tert-OH is 1. The van der Waals surface area contributed by atoms with Crippen molar-refractivity contribution in [2.75, 3.05) is 0 Å². The smallest absolute Gasteiger partial charge is 0.130 e. The van der Waals surface area contributed by atoms with Crippen molar-refractivity contribution in [1.82, 2.24) is 0 Å². The van der Waals surface area contributed by atoms with E-state index in [9.17, 15) is 9.50 Å². The van der Waals surface area contributed by atoms with Crippen molar-refractivity contribution >= 4 is 11.6 Å². The number of rotatable bonds is 2.